The summed E-state index contributed by atoms with van der Waals surface area (Å²) in [6.45, 7) is 0. The van der Waals surface area contributed by atoms with E-state index >= 15 is 0 Å². The molecule has 142 valence electrons. The maximum atomic E-state index is 4.98. The lowest BCUT2D eigenvalue weighted by Crippen LogP contribution is -1.92. The molecule has 30 heavy (non-hydrogen) atoms. The molecule has 4 heterocycles. The molecule has 6 rings (SSSR count). The number of aromatic nitrogens is 6. The van der Waals surface area contributed by atoms with Crippen molar-refractivity contribution in [3.8, 4) is 34.0 Å². The van der Waals surface area contributed by atoms with Crippen molar-refractivity contribution in [3.05, 3.63) is 85.2 Å². The topological polar surface area (TPSA) is 83.1 Å². The molecule has 6 nitrogen and oxygen atoms in total. The minimum absolute atomic E-state index is 0.803. The van der Waals surface area contributed by atoms with E-state index in [1.165, 1.54) is 0 Å². The molecule has 6 heteroatoms. The average Bonchev–Trinajstić information content (AvgIpc) is 3.47. The van der Waals surface area contributed by atoms with Gasteiger partial charge in [0.1, 0.15) is 5.69 Å². The van der Waals surface area contributed by atoms with E-state index < -0.39 is 0 Å². The number of benzene rings is 2. The standard InChI is InChI=1S/C24H16N6/c1-2-6-15(7-3-1)20-13-22(29-28-20)23-18-14-25-11-10-16(18)12-21(26-23)24-17-8-4-5-9-19(17)27-30-24/h1-14H,(H,27,30)(H,28,29). The van der Waals surface area contributed by atoms with Crippen LogP contribution < -0.4 is 0 Å². The van der Waals surface area contributed by atoms with Gasteiger partial charge in [0.25, 0.3) is 0 Å². The highest BCUT2D eigenvalue weighted by atomic mass is 15.1. The Kier molecular flexibility index (Phi) is 3.67. The third-order valence-corrected chi connectivity index (χ3v) is 5.25. The van der Waals surface area contributed by atoms with Gasteiger partial charge < -0.3 is 0 Å². The summed E-state index contributed by atoms with van der Waals surface area (Å²) in [7, 11) is 0. The van der Waals surface area contributed by atoms with Crippen LogP contribution in [0.2, 0.25) is 0 Å². The minimum atomic E-state index is 0.803. The monoisotopic (exact) mass is 388 g/mol. The second-order valence-corrected chi connectivity index (χ2v) is 7.10. The number of hydrogen-bond acceptors (Lipinski definition) is 4. The molecule has 0 aliphatic carbocycles. The van der Waals surface area contributed by atoms with Crippen molar-refractivity contribution in [2.75, 3.05) is 0 Å². The lowest BCUT2D eigenvalue weighted by atomic mass is 10.1. The van der Waals surface area contributed by atoms with Gasteiger partial charge in [-0.25, -0.2) is 4.98 Å². The summed E-state index contributed by atoms with van der Waals surface area (Å²) in [4.78, 5) is 9.29. The van der Waals surface area contributed by atoms with Crippen LogP contribution in [0, 0.1) is 0 Å². The molecular weight excluding hydrogens is 372 g/mol. The fourth-order valence-corrected chi connectivity index (χ4v) is 3.77. The summed E-state index contributed by atoms with van der Waals surface area (Å²) >= 11 is 0. The minimum Gasteiger partial charge on any atom is -0.277 e. The first-order valence-electron chi connectivity index (χ1n) is 9.66. The first-order chi connectivity index (χ1) is 14.9. The summed E-state index contributed by atoms with van der Waals surface area (Å²) in [6.07, 6.45) is 3.63. The lowest BCUT2D eigenvalue weighted by Gasteiger charge is -2.07. The maximum absolute atomic E-state index is 4.98. The Morgan fingerprint density at radius 2 is 1.53 bits per heavy atom. The zero-order chi connectivity index (χ0) is 19.9. The van der Waals surface area contributed by atoms with E-state index in [0.29, 0.717) is 0 Å². The van der Waals surface area contributed by atoms with Crippen molar-refractivity contribution < 1.29 is 0 Å². The second-order valence-electron chi connectivity index (χ2n) is 7.10. The molecule has 0 saturated carbocycles. The van der Waals surface area contributed by atoms with Crippen LogP contribution in [0.15, 0.2) is 85.2 Å². The number of nitrogens with zero attached hydrogens (tertiary/aromatic N) is 4. The molecule has 0 atom stereocenters. The van der Waals surface area contributed by atoms with Crippen LogP contribution in [0.25, 0.3) is 55.7 Å². The van der Waals surface area contributed by atoms with E-state index in [1.807, 2.05) is 66.9 Å². The average molecular weight is 388 g/mol. The zero-order valence-corrected chi connectivity index (χ0v) is 15.9. The van der Waals surface area contributed by atoms with Gasteiger partial charge in [-0.05, 0) is 29.7 Å². The number of para-hydroxylation sites is 1. The molecule has 0 spiro atoms. The van der Waals surface area contributed by atoms with E-state index in [-0.39, 0.29) is 0 Å². The Hall–Kier alpha value is -4.32. The van der Waals surface area contributed by atoms with Gasteiger partial charge in [-0.1, -0.05) is 48.5 Å². The molecule has 0 saturated heterocycles. The third kappa shape index (κ3) is 2.66. The first-order valence-corrected chi connectivity index (χ1v) is 9.66. The molecule has 0 fully saturated rings. The normalized spacial score (nSPS) is 11.3. The van der Waals surface area contributed by atoms with Gasteiger partial charge in [-0.2, -0.15) is 10.2 Å². The largest absolute Gasteiger partial charge is 0.277 e. The molecule has 0 aliphatic rings. The van der Waals surface area contributed by atoms with Crippen LogP contribution >= 0.6 is 0 Å². The first kappa shape index (κ1) is 16.6. The summed E-state index contributed by atoms with van der Waals surface area (Å²) in [5.74, 6) is 0. The third-order valence-electron chi connectivity index (χ3n) is 5.25. The number of pyridine rings is 2. The van der Waals surface area contributed by atoms with Crippen molar-refractivity contribution in [3.63, 3.8) is 0 Å². The Balaban J connectivity index is 1.57. The number of hydrogen-bond donors (Lipinski definition) is 2. The highest BCUT2D eigenvalue weighted by Gasteiger charge is 2.16. The summed E-state index contributed by atoms with van der Waals surface area (Å²) in [5.41, 5.74) is 6.19. The van der Waals surface area contributed by atoms with Gasteiger partial charge in [-0.15, -0.1) is 0 Å². The second kappa shape index (κ2) is 6.63. The van der Waals surface area contributed by atoms with E-state index in [2.05, 4.69) is 37.5 Å². The number of nitrogens with one attached hydrogen (secondary N) is 2. The zero-order valence-electron chi connectivity index (χ0n) is 15.9. The van der Waals surface area contributed by atoms with Crippen LogP contribution in [0.1, 0.15) is 0 Å². The predicted molar refractivity (Wildman–Crippen MR) is 118 cm³/mol. The van der Waals surface area contributed by atoms with E-state index in [9.17, 15) is 0 Å². The number of H-pyrrole nitrogens is 2. The van der Waals surface area contributed by atoms with Crippen molar-refractivity contribution >= 4 is 21.7 Å². The Bertz CT molecular complexity index is 1500. The molecule has 2 N–H and O–H groups in total. The van der Waals surface area contributed by atoms with E-state index in [4.69, 9.17) is 4.98 Å². The summed E-state index contributed by atoms with van der Waals surface area (Å²) in [5, 5.41) is 18.3. The van der Waals surface area contributed by atoms with Crippen molar-refractivity contribution in [2.45, 2.75) is 0 Å². The van der Waals surface area contributed by atoms with Gasteiger partial charge in [0, 0.05) is 28.7 Å². The van der Waals surface area contributed by atoms with Gasteiger partial charge in [0.2, 0.25) is 0 Å². The molecule has 2 aromatic carbocycles. The van der Waals surface area contributed by atoms with E-state index in [0.717, 1.165) is 55.7 Å². The van der Waals surface area contributed by atoms with Crippen LogP contribution in [-0.4, -0.2) is 30.4 Å². The molecule has 0 unspecified atom stereocenters. The summed E-state index contributed by atoms with van der Waals surface area (Å²) in [6, 6.07) is 24.2. The maximum Gasteiger partial charge on any atom is 0.118 e. The Morgan fingerprint density at radius 3 is 2.47 bits per heavy atom. The van der Waals surface area contributed by atoms with Crippen molar-refractivity contribution in [1.82, 2.24) is 30.4 Å². The fraction of sp³-hybridized carbons (Fsp3) is 0. The Labute approximate surface area is 171 Å². The lowest BCUT2D eigenvalue weighted by molar-refractivity contribution is 1.09. The smallest absolute Gasteiger partial charge is 0.118 e. The number of rotatable bonds is 3. The molecule has 0 radical (unpaired) electrons. The number of aromatic amines is 2. The van der Waals surface area contributed by atoms with Crippen molar-refractivity contribution in [1.29, 1.82) is 0 Å². The van der Waals surface area contributed by atoms with Gasteiger partial charge in [0.05, 0.1) is 28.3 Å². The summed E-state index contributed by atoms with van der Waals surface area (Å²) < 4.78 is 0. The predicted octanol–water partition coefficient (Wildman–Crippen LogP) is 5.23. The van der Waals surface area contributed by atoms with Crippen LogP contribution in [0.3, 0.4) is 0 Å². The van der Waals surface area contributed by atoms with Crippen molar-refractivity contribution in [2.24, 2.45) is 0 Å². The highest BCUT2D eigenvalue weighted by Crippen LogP contribution is 2.33. The van der Waals surface area contributed by atoms with Crippen LogP contribution in [0.5, 0.6) is 0 Å². The molecule has 0 aliphatic heterocycles. The SMILES string of the molecule is c1ccc(-c2cc(-c3nc(-c4n[nH]c5ccccc45)cc4ccncc34)[nH]n2)cc1. The highest BCUT2D eigenvalue weighted by molar-refractivity contribution is 5.99. The molecule has 6 aromatic rings. The Morgan fingerprint density at radius 1 is 0.667 bits per heavy atom. The molecule has 0 bridgehead atoms. The van der Waals surface area contributed by atoms with Crippen LogP contribution in [0.4, 0.5) is 0 Å². The van der Waals surface area contributed by atoms with Crippen LogP contribution in [-0.2, 0) is 0 Å². The van der Waals surface area contributed by atoms with Gasteiger partial charge in [0.15, 0.2) is 0 Å². The molecular formula is C24H16N6. The van der Waals surface area contributed by atoms with Gasteiger partial charge >= 0.3 is 0 Å². The van der Waals surface area contributed by atoms with Gasteiger partial charge in [-0.3, -0.25) is 15.2 Å². The van der Waals surface area contributed by atoms with E-state index in [1.54, 1.807) is 6.20 Å². The number of fused-ring (bicyclic) bond motifs is 2. The fourth-order valence-electron chi connectivity index (χ4n) is 3.77. The molecule has 4 aromatic heterocycles. The molecule has 0 amide bonds. The quantitative estimate of drug-likeness (QED) is 0.435.